The van der Waals surface area contributed by atoms with Gasteiger partial charge in [-0.15, -0.1) is 0 Å². The molecule has 1 aromatic carbocycles. The van der Waals surface area contributed by atoms with Crippen molar-refractivity contribution in [3.8, 4) is 0 Å². The van der Waals surface area contributed by atoms with E-state index >= 15 is 0 Å². The van der Waals surface area contributed by atoms with Crippen molar-refractivity contribution in [1.82, 2.24) is 10.2 Å². The second-order valence-corrected chi connectivity index (χ2v) is 4.59. The molecule has 1 saturated heterocycles. The second-order valence-electron chi connectivity index (χ2n) is 4.59. The van der Waals surface area contributed by atoms with Gasteiger partial charge in [-0.05, 0) is 18.6 Å². The van der Waals surface area contributed by atoms with Gasteiger partial charge in [0.15, 0.2) is 0 Å². The third-order valence-corrected chi connectivity index (χ3v) is 3.30. The molecule has 1 aromatic rings. The van der Waals surface area contributed by atoms with E-state index in [1.54, 1.807) is 6.07 Å². The molecule has 1 amide bonds. The third kappa shape index (κ3) is 2.82. The Labute approximate surface area is 110 Å². The maximum absolute atomic E-state index is 11.5. The zero-order valence-electron chi connectivity index (χ0n) is 10.6. The number of nitrogen functional groups attached to an aromatic ring is 1. The number of anilines is 1. The lowest BCUT2D eigenvalue weighted by atomic mass is 10.1. The van der Waals surface area contributed by atoms with Gasteiger partial charge in [0, 0.05) is 25.7 Å². The third-order valence-electron chi connectivity index (χ3n) is 3.30. The fraction of sp³-hybridized carbons (Fsp3) is 0.417. The summed E-state index contributed by atoms with van der Waals surface area (Å²) in [4.78, 5) is 23.9. The number of nitrogens with one attached hydrogen (secondary N) is 1. The van der Waals surface area contributed by atoms with Gasteiger partial charge in [0.05, 0.1) is 11.0 Å². The van der Waals surface area contributed by atoms with Gasteiger partial charge >= 0.3 is 0 Å². The smallest absolute Gasteiger partial charge is 0.292 e. The minimum atomic E-state index is -0.495. The molecule has 1 atom stereocenters. The summed E-state index contributed by atoms with van der Waals surface area (Å²) >= 11 is 0. The highest BCUT2D eigenvalue weighted by Gasteiger charge is 2.25. The fourth-order valence-electron chi connectivity index (χ4n) is 2.13. The molecule has 1 aliphatic heterocycles. The van der Waals surface area contributed by atoms with Crippen LogP contribution in [0.1, 0.15) is 12.5 Å². The summed E-state index contributed by atoms with van der Waals surface area (Å²) < 4.78 is 0. The summed E-state index contributed by atoms with van der Waals surface area (Å²) in [7, 11) is 0. The number of piperazine rings is 1. The molecule has 3 N–H and O–H groups in total. The van der Waals surface area contributed by atoms with E-state index in [1.165, 1.54) is 12.1 Å². The molecule has 7 heteroatoms. The van der Waals surface area contributed by atoms with E-state index < -0.39 is 4.92 Å². The van der Waals surface area contributed by atoms with Gasteiger partial charge in [0.25, 0.3) is 5.69 Å². The average molecular weight is 264 g/mol. The number of hydrogen-bond acceptors (Lipinski definition) is 5. The summed E-state index contributed by atoms with van der Waals surface area (Å²) in [6.07, 6.45) is 0. The van der Waals surface area contributed by atoms with Gasteiger partial charge in [-0.25, -0.2) is 0 Å². The molecule has 1 aliphatic rings. The minimum Gasteiger partial charge on any atom is -0.393 e. The molecule has 1 heterocycles. The average Bonchev–Trinajstić information content (AvgIpc) is 2.37. The molecule has 0 bridgehead atoms. The van der Waals surface area contributed by atoms with E-state index in [-0.39, 0.29) is 23.3 Å². The van der Waals surface area contributed by atoms with Crippen LogP contribution in [-0.2, 0) is 11.3 Å². The Kier molecular flexibility index (Phi) is 3.66. The first kappa shape index (κ1) is 13.3. The van der Waals surface area contributed by atoms with Gasteiger partial charge in [0.2, 0.25) is 5.91 Å². The molecule has 2 rings (SSSR count). The molecule has 0 spiro atoms. The van der Waals surface area contributed by atoms with Crippen molar-refractivity contribution in [2.75, 3.05) is 18.8 Å². The van der Waals surface area contributed by atoms with Crippen LogP contribution in [0.3, 0.4) is 0 Å². The summed E-state index contributed by atoms with van der Waals surface area (Å²) in [5, 5.41) is 13.6. The molecule has 19 heavy (non-hydrogen) atoms. The normalized spacial score (nSPS) is 20.1. The maximum atomic E-state index is 11.5. The van der Waals surface area contributed by atoms with Crippen LogP contribution in [0.2, 0.25) is 0 Å². The van der Waals surface area contributed by atoms with Crippen LogP contribution in [0.15, 0.2) is 18.2 Å². The Hall–Kier alpha value is -2.15. The molecule has 0 aromatic heterocycles. The Morgan fingerprint density at radius 1 is 1.58 bits per heavy atom. The van der Waals surface area contributed by atoms with Crippen LogP contribution >= 0.6 is 0 Å². The van der Waals surface area contributed by atoms with Crippen LogP contribution in [0.4, 0.5) is 11.4 Å². The zero-order chi connectivity index (χ0) is 14.0. The summed E-state index contributed by atoms with van der Waals surface area (Å²) in [6, 6.07) is 4.52. The number of rotatable bonds is 3. The lowest BCUT2D eigenvalue weighted by Gasteiger charge is -2.32. The van der Waals surface area contributed by atoms with E-state index in [9.17, 15) is 14.9 Å². The van der Waals surface area contributed by atoms with E-state index in [1.807, 2.05) is 11.8 Å². The standard InChI is InChI=1S/C12H16N4O3/c1-8-12(17)14-4-5-15(8)7-9-2-3-10(13)11(6-9)16(18)19/h2-3,6,8H,4-5,7,13H2,1H3,(H,14,17). The number of nitrogens with zero attached hydrogens (tertiary/aromatic N) is 2. The van der Waals surface area contributed by atoms with Crippen molar-refractivity contribution in [2.45, 2.75) is 19.5 Å². The lowest BCUT2D eigenvalue weighted by molar-refractivity contribution is -0.384. The first-order valence-electron chi connectivity index (χ1n) is 6.03. The van der Waals surface area contributed by atoms with Crippen molar-refractivity contribution >= 4 is 17.3 Å². The maximum Gasteiger partial charge on any atom is 0.292 e. The number of carbonyl (C=O) groups excluding carboxylic acids is 1. The highest BCUT2D eigenvalue weighted by Crippen LogP contribution is 2.23. The Morgan fingerprint density at radius 3 is 3.00 bits per heavy atom. The van der Waals surface area contributed by atoms with Crippen LogP contribution in [0, 0.1) is 10.1 Å². The molecule has 0 saturated carbocycles. The van der Waals surface area contributed by atoms with Gasteiger partial charge in [0.1, 0.15) is 5.69 Å². The summed E-state index contributed by atoms with van der Waals surface area (Å²) in [5.74, 6) is -0.0174. The zero-order valence-corrected chi connectivity index (χ0v) is 10.6. The number of benzene rings is 1. The number of nitrogens with two attached hydrogens (primary N) is 1. The predicted octanol–water partition coefficient (Wildman–Crippen LogP) is 0.497. The number of nitro groups is 1. The molecule has 0 aliphatic carbocycles. The van der Waals surface area contributed by atoms with Gasteiger partial charge in [-0.2, -0.15) is 0 Å². The monoisotopic (exact) mass is 264 g/mol. The van der Waals surface area contributed by atoms with Crippen LogP contribution in [-0.4, -0.2) is 34.9 Å². The van der Waals surface area contributed by atoms with E-state index in [0.29, 0.717) is 13.1 Å². The fourth-order valence-corrected chi connectivity index (χ4v) is 2.13. The number of amides is 1. The van der Waals surface area contributed by atoms with Gasteiger partial charge in [-0.3, -0.25) is 19.8 Å². The topological polar surface area (TPSA) is 102 Å². The van der Waals surface area contributed by atoms with Gasteiger partial charge in [-0.1, -0.05) is 6.07 Å². The van der Waals surface area contributed by atoms with Crippen LogP contribution in [0.5, 0.6) is 0 Å². The molecule has 102 valence electrons. The summed E-state index contributed by atoms with van der Waals surface area (Å²) in [5.41, 5.74) is 6.39. The number of nitro benzene ring substituents is 1. The molecule has 1 fully saturated rings. The lowest BCUT2D eigenvalue weighted by Crippen LogP contribution is -2.53. The quantitative estimate of drug-likeness (QED) is 0.470. The first-order chi connectivity index (χ1) is 8.99. The first-order valence-corrected chi connectivity index (χ1v) is 6.03. The van der Waals surface area contributed by atoms with Crippen molar-refractivity contribution in [2.24, 2.45) is 0 Å². The molecular weight excluding hydrogens is 248 g/mol. The number of carbonyl (C=O) groups is 1. The Bertz CT molecular complexity index is 518. The highest BCUT2D eigenvalue weighted by atomic mass is 16.6. The van der Waals surface area contributed by atoms with Crippen molar-refractivity contribution in [3.63, 3.8) is 0 Å². The Morgan fingerprint density at radius 2 is 2.32 bits per heavy atom. The second kappa shape index (κ2) is 5.23. The van der Waals surface area contributed by atoms with Crippen LogP contribution < -0.4 is 11.1 Å². The predicted molar refractivity (Wildman–Crippen MR) is 70.4 cm³/mol. The van der Waals surface area contributed by atoms with E-state index in [4.69, 9.17) is 5.73 Å². The van der Waals surface area contributed by atoms with Gasteiger partial charge < -0.3 is 11.1 Å². The number of hydrogen-bond donors (Lipinski definition) is 2. The Balaban J connectivity index is 2.17. The molecule has 7 nitrogen and oxygen atoms in total. The van der Waals surface area contributed by atoms with Crippen LogP contribution in [0.25, 0.3) is 0 Å². The molecule has 0 radical (unpaired) electrons. The van der Waals surface area contributed by atoms with Crippen molar-refractivity contribution < 1.29 is 9.72 Å². The highest BCUT2D eigenvalue weighted by molar-refractivity contribution is 5.82. The molecule has 1 unspecified atom stereocenters. The SMILES string of the molecule is CC1C(=O)NCCN1Cc1ccc(N)c([N+](=O)[O-])c1. The largest absolute Gasteiger partial charge is 0.393 e. The molecular formula is C12H16N4O3. The minimum absolute atomic E-state index is 0.0174. The van der Waals surface area contributed by atoms with E-state index in [2.05, 4.69) is 5.32 Å². The van der Waals surface area contributed by atoms with E-state index in [0.717, 1.165) is 12.1 Å². The summed E-state index contributed by atoms with van der Waals surface area (Å²) in [6.45, 7) is 3.64. The van der Waals surface area contributed by atoms with Crippen molar-refractivity contribution in [3.05, 3.63) is 33.9 Å². The van der Waals surface area contributed by atoms with Crippen molar-refractivity contribution in [1.29, 1.82) is 0 Å².